The zero-order valence-corrected chi connectivity index (χ0v) is 55.0. The second kappa shape index (κ2) is 42.7. The molecule has 0 saturated heterocycles. The van der Waals surface area contributed by atoms with Crippen LogP contribution in [0.1, 0.15) is 125 Å². The van der Waals surface area contributed by atoms with E-state index < -0.39 is 199 Å². The number of carbonyl (C=O) groups excluding carboxylic acids is 11. The Bertz CT molecular complexity index is 2910. The predicted octanol–water partition coefficient (Wildman–Crippen LogP) is -2.87. The molecule has 0 radical (unpaired) electrons. The number of amides is 11. The molecule has 33 nitrogen and oxygen atoms in total. The zero-order chi connectivity index (χ0) is 72.4. The van der Waals surface area contributed by atoms with Crippen molar-refractivity contribution in [1.82, 2.24) is 53.2 Å². The molecule has 0 aromatic heterocycles. The fourth-order valence-corrected chi connectivity index (χ4v) is 9.03. The SMILES string of the molecule is CC(=O)O.CCC(C)C(NC(=O)C(CCCCN)NC(=O)C(NC(=O)C(CO)NC(=O)C(CCC(=O)O)NC(=O)C(NC(=O)CNC(=O)C(Cc1ccc(O)cc1)NC(=O)C(NC(=O)C(CC(N)=O)NC(=O)C(N)Cc1ccc(O)cc1)C(C)C)C(C)CC)C(C)C)C(=O)O. The van der Waals surface area contributed by atoms with Gasteiger partial charge in [0.1, 0.15) is 65.9 Å². The zero-order valence-electron chi connectivity index (χ0n) is 55.0. The highest BCUT2D eigenvalue weighted by atomic mass is 16.4. The first kappa shape index (κ1) is 83.5. The fraction of sp³-hybridized carbons (Fsp3) is 0.581. The van der Waals surface area contributed by atoms with Crippen LogP contribution in [0.3, 0.4) is 0 Å². The molecule has 2 aromatic carbocycles. The highest BCUT2D eigenvalue weighted by Gasteiger charge is 2.37. The van der Waals surface area contributed by atoms with Gasteiger partial charge in [-0.3, -0.25) is 62.3 Å². The third-order valence-electron chi connectivity index (χ3n) is 15.0. The summed E-state index contributed by atoms with van der Waals surface area (Å²) < 4.78 is 0. The smallest absolute Gasteiger partial charge is 0.326 e. The van der Waals surface area contributed by atoms with Gasteiger partial charge in [0, 0.05) is 19.8 Å². The number of phenols is 2. The normalized spacial score (nSPS) is 14.8. The number of primary amides is 1. The van der Waals surface area contributed by atoms with Gasteiger partial charge < -0.3 is 101 Å². The highest BCUT2D eigenvalue weighted by Crippen LogP contribution is 2.16. The van der Waals surface area contributed by atoms with E-state index in [1.54, 1.807) is 55.4 Å². The molecule has 0 fully saturated rings. The third kappa shape index (κ3) is 31.3. The Morgan fingerprint density at radius 3 is 1.32 bits per heavy atom. The van der Waals surface area contributed by atoms with Crippen LogP contribution in [0.5, 0.6) is 11.5 Å². The summed E-state index contributed by atoms with van der Waals surface area (Å²) in [6.45, 7) is 12.2. The standard InChI is InChI=1S/C60H93N13O18.C2H4O2/c1-9-32(7)49(59(89)66-40(22-23-46(79)80)53(83)69-43(29-74)56(86)72-47(30(3)4)57(87)65-39(13-11-12-24-61)54(84)73-50(60(90)91)33(8)10-2)70-45(78)28-64-52(82)41(26-35-16-20-37(76)21-17-35)68-58(88)48(31(5)6)71-55(85)42(27-44(63)77)67-51(81)38(62)25-34-14-18-36(75)19-15-34;1-2(3)4/h14-21,30-33,38-43,47-50,74-76H,9-13,22-29,61-62H2,1-8H3,(H2,63,77)(H,64,82)(H,65,87)(H,66,89)(H,67,81)(H,68,88)(H,69,83)(H,70,78)(H,71,85)(H,72,86)(H,73,84)(H,79,80)(H,90,91);1H3,(H,3,4). The van der Waals surface area contributed by atoms with E-state index in [-0.39, 0.29) is 43.7 Å². The molecule has 530 valence electrons. The summed E-state index contributed by atoms with van der Waals surface area (Å²) in [6, 6.07) is -3.39. The Balaban J connectivity index is 0.0000109. The molecule has 0 spiro atoms. The summed E-state index contributed by atoms with van der Waals surface area (Å²) in [5.74, 6) is -16.9. The number of nitrogens with two attached hydrogens (primary N) is 3. The molecule has 12 unspecified atom stereocenters. The van der Waals surface area contributed by atoms with Gasteiger partial charge in [0.15, 0.2) is 0 Å². The van der Waals surface area contributed by atoms with Gasteiger partial charge in [0.25, 0.3) is 5.97 Å². The first-order valence-corrected chi connectivity index (χ1v) is 31.0. The van der Waals surface area contributed by atoms with Gasteiger partial charge in [0.2, 0.25) is 65.0 Å². The first-order chi connectivity index (χ1) is 44.5. The fourth-order valence-electron chi connectivity index (χ4n) is 9.03. The molecule has 11 amide bonds. The minimum absolute atomic E-state index is 0.0239. The molecule has 0 heterocycles. The third-order valence-corrected chi connectivity index (χ3v) is 15.0. The summed E-state index contributed by atoms with van der Waals surface area (Å²) in [5, 5.41) is 81.2. The topological polar surface area (TPSA) is 559 Å². The van der Waals surface area contributed by atoms with Crippen molar-refractivity contribution < 1.29 is 97.8 Å². The van der Waals surface area contributed by atoms with Crippen LogP contribution in [-0.4, -0.2) is 194 Å². The van der Waals surface area contributed by atoms with Crippen molar-refractivity contribution in [3.8, 4) is 11.5 Å². The van der Waals surface area contributed by atoms with Gasteiger partial charge in [-0.05, 0) is 97.7 Å². The lowest BCUT2D eigenvalue weighted by molar-refractivity contribution is -0.144. The van der Waals surface area contributed by atoms with E-state index >= 15 is 0 Å². The Hall–Kier alpha value is -9.50. The van der Waals surface area contributed by atoms with Gasteiger partial charge in [-0.25, -0.2) is 4.79 Å². The van der Waals surface area contributed by atoms with Gasteiger partial charge >= 0.3 is 11.9 Å². The second-order valence-electron chi connectivity index (χ2n) is 23.6. The Morgan fingerprint density at radius 1 is 0.474 bits per heavy atom. The minimum atomic E-state index is -1.82. The van der Waals surface area contributed by atoms with Crippen LogP contribution in [0.2, 0.25) is 0 Å². The van der Waals surface area contributed by atoms with Crippen LogP contribution < -0.4 is 70.4 Å². The number of hydrogen-bond acceptors (Lipinski definition) is 19. The van der Waals surface area contributed by atoms with Crippen LogP contribution in [0.15, 0.2) is 48.5 Å². The molecule has 0 aliphatic heterocycles. The van der Waals surface area contributed by atoms with E-state index in [9.17, 15) is 87.9 Å². The Labute approximate surface area is 550 Å². The van der Waals surface area contributed by atoms with Crippen molar-refractivity contribution in [2.24, 2.45) is 40.9 Å². The van der Waals surface area contributed by atoms with Crippen molar-refractivity contribution in [1.29, 1.82) is 0 Å². The van der Waals surface area contributed by atoms with E-state index in [1.807, 2.05) is 0 Å². The number of rotatable bonds is 41. The lowest BCUT2D eigenvalue weighted by Gasteiger charge is -2.29. The number of phenolic OH excluding ortho intramolecular Hbond substituents is 2. The number of benzene rings is 2. The molecule has 2 aromatic rings. The second-order valence-corrected chi connectivity index (χ2v) is 23.6. The van der Waals surface area contributed by atoms with Crippen molar-refractivity contribution in [3.05, 3.63) is 59.7 Å². The lowest BCUT2D eigenvalue weighted by Crippen LogP contribution is -2.61. The maximum absolute atomic E-state index is 14.1. The summed E-state index contributed by atoms with van der Waals surface area (Å²) in [4.78, 5) is 183. The molecule has 2 rings (SSSR count). The number of carboxylic acid groups (broad SMARTS) is 3. The molecular formula is C62H97N13O20. The summed E-state index contributed by atoms with van der Waals surface area (Å²) >= 11 is 0. The number of aliphatic hydroxyl groups is 1. The lowest BCUT2D eigenvalue weighted by atomic mass is 9.97. The number of carboxylic acids is 3. The molecule has 33 heteroatoms. The molecule has 0 bridgehead atoms. The minimum Gasteiger partial charge on any atom is -0.508 e. The highest BCUT2D eigenvalue weighted by molar-refractivity contribution is 5.99. The average Bonchev–Trinajstić information content (AvgIpc) is 1.04. The van der Waals surface area contributed by atoms with E-state index in [0.29, 0.717) is 30.4 Å². The van der Waals surface area contributed by atoms with Gasteiger partial charge in [-0.15, -0.1) is 0 Å². The van der Waals surface area contributed by atoms with Crippen LogP contribution in [0.25, 0.3) is 0 Å². The molecular weight excluding hydrogens is 1250 g/mol. The maximum Gasteiger partial charge on any atom is 0.326 e. The van der Waals surface area contributed by atoms with Crippen molar-refractivity contribution in [2.45, 2.75) is 187 Å². The predicted molar refractivity (Wildman–Crippen MR) is 342 cm³/mol. The summed E-state index contributed by atoms with van der Waals surface area (Å²) in [6.07, 6.45) is -0.773. The van der Waals surface area contributed by atoms with Gasteiger partial charge in [0.05, 0.1) is 25.6 Å². The molecule has 95 heavy (non-hydrogen) atoms. The number of aliphatic hydroxyl groups excluding tert-OH is 1. The number of aromatic hydroxyl groups is 2. The number of aliphatic carboxylic acids is 3. The van der Waals surface area contributed by atoms with Crippen molar-refractivity contribution in [2.75, 3.05) is 19.7 Å². The maximum atomic E-state index is 14.1. The molecule has 12 atom stereocenters. The number of carbonyl (C=O) groups is 14. The first-order valence-electron chi connectivity index (χ1n) is 31.0. The molecule has 0 saturated carbocycles. The van der Waals surface area contributed by atoms with Gasteiger partial charge in [-0.2, -0.15) is 0 Å². The van der Waals surface area contributed by atoms with E-state index in [0.717, 1.165) is 6.92 Å². The number of unbranched alkanes of at least 4 members (excludes halogenated alkanes) is 1. The average molecular weight is 1340 g/mol. The molecule has 0 aliphatic carbocycles. The van der Waals surface area contributed by atoms with Crippen LogP contribution in [0, 0.1) is 23.7 Å². The van der Waals surface area contributed by atoms with E-state index in [4.69, 9.17) is 27.1 Å². The largest absolute Gasteiger partial charge is 0.508 e. The van der Waals surface area contributed by atoms with Crippen LogP contribution in [0.4, 0.5) is 0 Å². The van der Waals surface area contributed by atoms with Crippen molar-refractivity contribution >= 4 is 82.9 Å². The number of nitrogens with one attached hydrogen (secondary N) is 10. The van der Waals surface area contributed by atoms with E-state index in [2.05, 4.69) is 53.2 Å². The van der Waals surface area contributed by atoms with Gasteiger partial charge in [-0.1, -0.05) is 92.5 Å². The monoisotopic (exact) mass is 1340 g/mol. The number of hydrogen-bond donors (Lipinski definition) is 19. The molecule has 0 aliphatic rings. The van der Waals surface area contributed by atoms with Crippen LogP contribution >= 0.6 is 0 Å². The molecule has 22 N–H and O–H groups in total. The van der Waals surface area contributed by atoms with Crippen molar-refractivity contribution in [3.63, 3.8) is 0 Å². The van der Waals surface area contributed by atoms with E-state index in [1.165, 1.54) is 48.5 Å². The Kier molecular flexibility index (Phi) is 37.5. The quantitative estimate of drug-likeness (QED) is 0.0298. The van der Waals surface area contributed by atoms with Crippen LogP contribution in [-0.2, 0) is 80.0 Å². The summed E-state index contributed by atoms with van der Waals surface area (Å²) in [7, 11) is 0. The summed E-state index contributed by atoms with van der Waals surface area (Å²) in [5.41, 5.74) is 18.1. The Morgan fingerprint density at radius 2 is 0.874 bits per heavy atom.